The van der Waals surface area contributed by atoms with Crippen LogP contribution in [0.5, 0.6) is 0 Å². The Hall–Kier alpha value is -2.83. The van der Waals surface area contributed by atoms with Gasteiger partial charge in [-0.2, -0.15) is 0 Å². The van der Waals surface area contributed by atoms with E-state index < -0.39 is 0 Å². The van der Waals surface area contributed by atoms with E-state index in [9.17, 15) is 5.11 Å². The van der Waals surface area contributed by atoms with Crippen LogP contribution in [0.4, 0.5) is 5.95 Å². The summed E-state index contributed by atoms with van der Waals surface area (Å²) in [5.74, 6) is 1.19. The van der Waals surface area contributed by atoms with Gasteiger partial charge in [0, 0.05) is 18.9 Å². The first-order chi connectivity index (χ1) is 16.5. The van der Waals surface area contributed by atoms with Crippen molar-refractivity contribution in [3.05, 3.63) is 82.1 Å². The third kappa shape index (κ3) is 5.62. The quantitative estimate of drug-likeness (QED) is 0.340. The first-order valence-corrected chi connectivity index (χ1v) is 13.1. The lowest BCUT2D eigenvalue weighted by atomic mass is 9.93. The Morgan fingerprint density at radius 3 is 2.38 bits per heavy atom. The van der Waals surface area contributed by atoms with Crippen LogP contribution in [-0.2, 0) is 12.8 Å². The molecule has 1 aliphatic rings. The molecule has 5 rings (SSSR count). The molecule has 176 valence electrons. The van der Waals surface area contributed by atoms with Crippen LogP contribution in [0.2, 0.25) is 0 Å². The smallest absolute Gasteiger partial charge is 0.223 e. The number of thiazole rings is 1. The van der Waals surface area contributed by atoms with Gasteiger partial charge in [-0.05, 0) is 60.9 Å². The van der Waals surface area contributed by atoms with Gasteiger partial charge in [-0.3, -0.25) is 0 Å². The normalized spacial score (nSPS) is 18.5. The fraction of sp³-hybridized carbons (Fsp3) is 0.393. The minimum absolute atomic E-state index is 0.172. The van der Waals surface area contributed by atoms with E-state index in [1.807, 2.05) is 6.07 Å². The maximum absolute atomic E-state index is 9.85. The van der Waals surface area contributed by atoms with E-state index in [0.717, 1.165) is 54.0 Å². The van der Waals surface area contributed by atoms with Gasteiger partial charge >= 0.3 is 0 Å². The number of nitrogens with zero attached hydrogens (tertiary/aromatic N) is 3. The van der Waals surface area contributed by atoms with Gasteiger partial charge in [0.1, 0.15) is 0 Å². The number of hydrogen-bond acceptors (Lipinski definition) is 6. The van der Waals surface area contributed by atoms with E-state index in [2.05, 4.69) is 67.7 Å². The molecule has 0 aliphatic heterocycles. The van der Waals surface area contributed by atoms with Gasteiger partial charge in [0.25, 0.3) is 0 Å². The molecular formula is C28H32N4OS. The summed E-state index contributed by atoms with van der Waals surface area (Å²) in [5.41, 5.74) is 5.64. The minimum Gasteiger partial charge on any atom is -0.393 e. The fourth-order valence-electron chi connectivity index (χ4n) is 4.59. The van der Waals surface area contributed by atoms with Crippen molar-refractivity contribution in [3.8, 4) is 0 Å². The molecule has 0 unspecified atom stereocenters. The van der Waals surface area contributed by atoms with Crippen molar-refractivity contribution in [1.29, 1.82) is 0 Å². The molecule has 6 heteroatoms. The van der Waals surface area contributed by atoms with Crippen LogP contribution in [-0.4, -0.2) is 32.2 Å². The summed E-state index contributed by atoms with van der Waals surface area (Å²) in [6.07, 6.45) is 4.84. The van der Waals surface area contributed by atoms with Crippen LogP contribution in [0, 0.1) is 0 Å². The first-order valence-electron chi connectivity index (χ1n) is 12.3. The predicted molar refractivity (Wildman–Crippen MR) is 140 cm³/mol. The van der Waals surface area contributed by atoms with Crippen molar-refractivity contribution < 1.29 is 5.11 Å². The molecule has 2 aromatic heterocycles. The van der Waals surface area contributed by atoms with Crippen molar-refractivity contribution >= 4 is 27.5 Å². The van der Waals surface area contributed by atoms with E-state index in [-0.39, 0.29) is 6.10 Å². The van der Waals surface area contributed by atoms with Crippen LogP contribution >= 0.6 is 11.3 Å². The fourth-order valence-corrected chi connectivity index (χ4v) is 5.62. The summed E-state index contributed by atoms with van der Waals surface area (Å²) < 4.78 is 1.24. The van der Waals surface area contributed by atoms with Gasteiger partial charge in [-0.15, -0.1) is 11.3 Å². The number of anilines is 1. The molecule has 0 spiro atoms. The maximum Gasteiger partial charge on any atom is 0.223 e. The van der Waals surface area contributed by atoms with Crippen LogP contribution < -0.4 is 5.32 Å². The van der Waals surface area contributed by atoms with Gasteiger partial charge in [0.2, 0.25) is 5.95 Å². The molecule has 0 atom stereocenters. The number of rotatable bonds is 7. The van der Waals surface area contributed by atoms with Gasteiger partial charge in [-0.25, -0.2) is 15.0 Å². The molecule has 4 aromatic rings. The second-order valence-electron chi connectivity index (χ2n) is 9.65. The highest BCUT2D eigenvalue weighted by Crippen LogP contribution is 2.28. The predicted octanol–water partition coefficient (Wildman–Crippen LogP) is 6.11. The third-order valence-electron chi connectivity index (χ3n) is 6.55. The van der Waals surface area contributed by atoms with Gasteiger partial charge < -0.3 is 10.4 Å². The molecule has 5 nitrogen and oxygen atoms in total. The highest BCUT2D eigenvalue weighted by Gasteiger charge is 2.20. The number of hydrogen-bond donors (Lipinski definition) is 2. The second kappa shape index (κ2) is 10.2. The summed E-state index contributed by atoms with van der Waals surface area (Å²) in [6.45, 7) is 4.44. The lowest BCUT2D eigenvalue weighted by molar-refractivity contribution is 0.126. The molecule has 2 aromatic carbocycles. The molecule has 1 fully saturated rings. The van der Waals surface area contributed by atoms with Crippen LogP contribution in [0.25, 0.3) is 10.2 Å². The van der Waals surface area contributed by atoms with Crippen molar-refractivity contribution in [1.82, 2.24) is 15.0 Å². The Labute approximate surface area is 205 Å². The second-order valence-corrected chi connectivity index (χ2v) is 10.8. The van der Waals surface area contributed by atoms with Gasteiger partial charge in [0.15, 0.2) is 0 Å². The van der Waals surface area contributed by atoms with Gasteiger partial charge in [-0.1, -0.05) is 50.2 Å². The highest BCUT2D eigenvalue weighted by molar-refractivity contribution is 7.18. The van der Waals surface area contributed by atoms with E-state index >= 15 is 0 Å². The molecule has 0 amide bonds. The first kappa shape index (κ1) is 22.9. The topological polar surface area (TPSA) is 70.9 Å². The summed E-state index contributed by atoms with van der Waals surface area (Å²) in [5, 5.41) is 14.5. The van der Waals surface area contributed by atoms with Crippen LogP contribution in [0.15, 0.2) is 54.6 Å². The molecule has 0 radical (unpaired) electrons. The summed E-state index contributed by atoms with van der Waals surface area (Å²) in [4.78, 5) is 14.6. The Morgan fingerprint density at radius 1 is 0.912 bits per heavy atom. The van der Waals surface area contributed by atoms with Gasteiger partial charge in [0.05, 0.1) is 32.7 Å². The van der Waals surface area contributed by atoms with E-state index in [0.29, 0.717) is 24.3 Å². The Bertz CT molecular complexity index is 1250. The van der Waals surface area contributed by atoms with E-state index in [1.165, 1.54) is 15.8 Å². The number of fused-ring (bicyclic) bond motifs is 1. The summed E-state index contributed by atoms with van der Waals surface area (Å²) in [6, 6.07) is 19.5. The monoisotopic (exact) mass is 472 g/mol. The largest absolute Gasteiger partial charge is 0.393 e. The molecule has 1 saturated carbocycles. The molecule has 0 bridgehead atoms. The zero-order chi connectivity index (χ0) is 23.5. The molecule has 1 aliphatic carbocycles. The van der Waals surface area contributed by atoms with Crippen molar-refractivity contribution in [2.24, 2.45) is 0 Å². The maximum atomic E-state index is 9.85. The lowest BCUT2D eigenvalue weighted by Gasteiger charge is -2.26. The summed E-state index contributed by atoms with van der Waals surface area (Å²) in [7, 11) is 0. The molecular weight excluding hydrogens is 440 g/mol. The standard InChI is InChI=1S/C28H32N4OS/c1-18(2)20-8-13-25-26(15-20)34-27(32-25)17-23-16-22(14-19-6-4-3-5-7-19)30-28(31-23)29-21-9-11-24(33)12-10-21/h3-8,13,15-16,18,21,24,33H,9-12,14,17H2,1-2H3,(H,29,30,31). The number of benzene rings is 2. The zero-order valence-corrected chi connectivity index (χ0v) is 20.7. The SMILES string of the molecule is CC(C)c1ccc2nc(Cc3cc(Cc4ccccc4)nc(NC4CCC(O)CC4)n3)sc2c1. The van der Waals surface area contributed by atoms with Crippen molar-refractivity contribution in [3.63, 3.8) is 0 Å². The Kier molecular flexibility index (Phi) is 6.88. The van der Waals surface area contributed by atoms with E-state index in [4.69, 9.17) is 15.0 Å². The Morgan fingerprint density at radius 2 is 1.65 bits per heavy atom. The van der Waals surface area contributed by atoms with E-state index in [1.54, 1.807) is 11.3 Å². The third-order valence-corrected chi connectivity index (χ3v) is 7.56. The average molecular weight is 473 g/mol. The molecule has 34 heavy (non-hydrogen) atoms. The number of aliphatic hydroxyl groups excluding tert-OH is 1. The number of nitrogens with one attached hydrogen (secondary N) is 1. The molecule has 0 saturated heterocycles. The van der Waals surface area contributed by atoms with Crippen LogP contribution in [0.1, 0.15) is 73.0 Å². The highest BCUT2D eigenvalue weighted by atomic mass is 32.1. The molecule has 2 N–H and O–H groups in total. The van der Waals surface area contributed by atoms with Crippen molar-refractivity contribution in [2.45, 2.75) is 70.4 Å². The molecule has 2 heterocycles. The zero-order valence-electron chi connectivity index (χ0n) is 19.9. The van der Waals surface area contributed by atoms with Crippen LogP contribution in [0.3, 0.4) is 0 Å². The Balaban J connectivity index is 1.41. The number of aromatic nitrogens is 3. The average Bonchev–Trinajstić information content (AvgIpc) is 3.22. The number of aliphatic hydroxyl groups is 1. The lowest BCUT2D eigenvalue weighted by Crippen LogP contribution is -2.29. The summed E-state index contributed by atoms with van der Waals surface area (Å²) >= 11 is 1.76. The van der Waals surface area contributed by atoms with Crippen molar-refractivity contribution in [2.75, 3.05) is 5.32 Å². The minimum atomic E-state index is -0.172.